The quantitative estimate of drug-likeness (QED) is 0.891. The summed E-state index contributed by atoms with van der Waals surface area (Å²) >= 11 is 0. The van der Waals surface area contributed by atoms with Crippen LogP contribution in [-0.4, -0.2) is 18.5 Å². The lowest BCUT2D eigenvalue weighted by atomic mass is 10.1. The molecule has 0 bridgehead atoms. The Kier molecular flexibility index (Phi) is 5.68. The van der Waals surface area contributed by atoms with Gasteiger partial charge in [-0.05, 0) is 19.1 Å². The molecular weight excluding hydrogens is 299 g/mol. The average molecular weight is 316 g/mol. The van der Waals surface area contributed by atoms with Gasteiger partial charge in [0.25, 0.3) is 5.91 Å². The molecule has 2 rings (SSSR count). The number of hydrogen-bond acceptors (Lipinski definition) is 3. The molecule has 0 aliphatic carbocycles. The van der Waals surface area contributed by atoms with Crippen molar-refractivity contribution < 1.29 is 18.7 Å². The maximum atomic E-state index is 13.8. The van der Waals surface area contributed by atoms with Gasteiger partial charge in [0.05, 0.1) is 0 Å². The Bertz CT molecular complexity index is 677. The average Bonchev–Trinajstić information content (AvgIpc) is 2.55. The molecule has 1 atom stereocenters. The Labute approximate surface area is 133 Å². The predicted molar refractivity (Wildman–Crippen MR) is 83.4 cm³/mol. The molecule has 0 spiro atoms. The van der Waals surface area contributed by atoms with E-state index in [0.29, 0.717) is 12.1 Å². The molecule has 0 unspecified atom stereocenters. The van der Waals surface area contributed by atoms with Gasteiger partial charge in [-0.1, -0.05) is 42.5 Å². The van der Waals surface area contributed by atoms with Gasteiger partial charge in [0.15, 0.2) is 11.6 Å². The fraction of sp³-hybridized carbons (Fsp3) is 0.176. The fourth-order valence-electron chi connectivity index (χ4n) is 1.95. The monoisotopic (exact) mass is 316 g/mol. The Hall–Kier alpha value is -2.89. The lowest BCUT2D eigenvalue weighted by molar-refractivity contribution is -0.127. The highest BCUT2D eigenvalue weighted by Crippen LogP contribution is 2.24. The first-order valence-electron chi connectivity index (χ1n) is 7.16. The van der Waals surface area contributed by atoms with Crippen LogP contribution in [0, 0.1) is 5.82 Å². The van der Waals surface area contributed by atoms with Crippen LogP contribution in [0.2, 0.25) is 0 Å². The zero-order valence-electron chi connectivity index (χ0n) is 12.6. The topological polar surface area (TPSA) is 67.4 Å². The van der Waals surface area contributed by atoms with E-state index in [-0.39, 0.29) is 5.75 Å². The lowest BCUT2D eigenvalue weighted by Gasteiger charge is -2.19. The Morgan fingerprint density at radius 1 is 1.09 bits per heavy atom. The van der Waals surface area contributed by atoms with E-state index in [1.807, 2.05) is 0 Å². The number of amides is 3. The molecule has 2 N–H and O–H groups in total. The molecule has 0 aromatic heterocycles. The first-order chi connectivity index (χ1) is 11.1. The van der Waals surface area contributed by atoms with Crippen molar-refractivity contribution >= 4 is 11.9 Å². The summed E-state index contributed by atoms with van der Waals surface area (Å²) in [5, 5.41) is 4.64. The van der Waals surface area contributed by atoms with E-state index < -0.39 is 23.9 Å². The van der Waals surface area contributed by atoms with Gasteiger partial charge in [0.1, 0.15) is 0 Å². The zero-order valence-corrected chi connectivity index (χ0v) is 12.6. The van der Waals surface area contributed by atoms with E-state index in [1.54, 1.807) is 43.3 Å². The summed E-state index contributed by atoms with van der Waals surface area (Å²) < 4.78 is 19.3. The van der Waals surface area contributed by atoms with Gasteiger partial charge >= 0.3 is 6.03 Å². The maximum absolute atomic E-state index is 13.8. The minimum atomic E-state index is -1.14. The Morgan fingerprint density at radius 3 is 2.39 bits per heavy atom. The van der Waals surface area contributed by atoms with Crippen molar-refractivity contribution in [3.05, 3.63) is 66.0 Å². The van der Waals surface area contributed by atoms with Crippen molar-refractivity contribution in [2.24, 2.45) is 0 Å². The number of urea groups is 1. The molecule has 0 saturated heterocycles. The smallest absolute Gasteiger partial charge is 0.321 e. The molecule has 3 amide bonds. The Morgan fingerprint density at radius 2 is 1.74 bits per heavy atom. The molecule has 120 valence electrons. The van der Waals surface area contributed by atoms with Crippen molar-refractivity contribution in [2.45, 2.75) is 13.0 Å². The van der Waals surface area contributed by atoms with Crippen molar-refractivity contribution in [3.8, 4) is 5.75 Å². The van der Waals surface area contributed by atoms with Gasteiger partial charge < -0.3 is 10.1 Å². The first-order valence-corrected chi connectivity index (χ1v) is 7.16. The van der Waals surface area contributed by atoms with Crippen LogP contribution in [0.15, 0.2) is 54.6 Å². The van der Waals surface area contributed by atoms with E-state index in [4.69, 9.17) is 4.74 Å². The van der Waals surface area contributed by atoms with Gasteiger partial charge in [-0.25, -0.2) is 9.18 Å². The van der Waals surface area contributed by atoms with Crippen molar-refractivity contribution in [1.82, 2.24) is 10.6 Å². The van der Waals surface area contributed by atoms with Crippen LogP contribution >= 0.6 is 0 Å². The molecule has 0 heterocycles. The van der Waals surface area contributed by atoms with Crippen LogP contribution in [0.4, 0.5) is 9.18 Å². The number of ether oxygens (including phenoxy) is 1. The second-order valence-electron chi connectivity index (χ2n) is 4.69. The highest BCUT2D eigenvalue weighted by Gasteiger charge is 2.25. The summed E-state index contributed by atoms with van der Waals surface area (Å²) in [4.78, 5) is 23.9. The van der Waals surface area contributed by atoms with Crippen LogP contribution < -0.4 is 15.4 Å². The van der Waals surface area contributed by atoms with E-state index in [1.165, 1.54) is 18.2 Å². The zero-order chi connectivity index (χ0) is 16.7. The lowest BCUT2D eigenvalue weighted by Crippen LogP contribution is -2.42. The van der Waals surface area contributed by atoms with Crippen LogP contribution in [0.1, 0.15) is 18.6 Å². The van der Waals surface area contributed by atoms with E-state index >= 15 is 0 Å². The first kappa shape index (κ1) is 16.5. The second kappa shape index (κ2) is 7.93. The molecule has 23 heavy (non-hydrogen) atoms. The van der Waals surface area contributed by atoms with Crippen LogP contribution in [0.3, 0.4) is 0 Å². The summed E-state index contributed by atoms with van der Waals surface area (Å²) in [5.41, 5.74) is 0.512. The van der Waals surface area contributed by atoms with Gasteiger partial charge in [0.2, 0.25) is 6.10 Å². The fourth-order valence-corrected chi connectivity index (χ4v) is 1.95. The summed E-state index contributed by atoms with van der Waals surface area (Å²) in [7, 11) is 0. The van der Waals surface area contributed by atoms with Crippen LogP contribution in [0.5, 0.6) is 5.75 Å². The number of nitrogens with one attached hydrogen (secondary N) is 2. The number of imide groups is 1. The van der Waals surface area contributed by atoms with E-state index in [9.17, 15) is 14.0 Å². The van der Waals surface area contributed by atoms with Crippen molar-refractivity contribution in [1.29, 1.82) is 0 Å². The molecule has 0 saturated carbocycles. The molecule has 5 nitrogen and oxygen atoms in total. The molecule has 0 aliphatic heterocycles. The summed E-state index contributed by atoms with van der Waals surface area (Å²) in [6.07, 6.45) is -1.14. The number of rotatable bonds is 5. The maximum Gasteiger partial charge on any atom is 0.321 e. The highest BCUT2D eigenvalue weighted by atomic mass is 19.1. The third-order valence-electron chi connectivity index (χ3n) is 3.00. The predicted octanol–water partition coefficient (Wildman–Crippen LogP) is 2.79. The molecule has 0 fully saturated rings. The third kappa shape index (κ3) is 4.54. The largest absolute Gasteiger partial charge is 0.473 e. The van der Waals surface area contributed by atoms with E-state index in [0.717, 1.165) is 0 Å². The van der Waals surface area contributed by atoms with Crippen LogP contribution in [-0.2, 0) is 4.79 Å². The number of carbonyl (C=O) groups is 2. The van der Waals surface area contributed by atoms with Gasteiger partial charge in [0, 0.05) is 12.1 Å². The summed E-state index contributed by atoms with van der Waals surface area (Å²) in [6, 6.07) is 13.7. The number of benzene rings is 2. The minimum Gasteiger partial charge on any atom is -0.473 e. The normalized spacial score (nSPS) is 11.4. The van der Waals surface area contributed by atoms with Gasteiger partial charge in [-0.3, -0.25) is 10.1 Å². The number of halogens is 1. The molecule has 2 aromatic carbocycles. The molecule has 2 aromatic rings. The number of hydrogen-bond donors (Lipinski definition) is 2. The molecule has 0 aliphatic rings. The Balaban J connectivity index is 2.24. The standard InChI is InChI=1S/C17H17FN2O3/c1-2-19-17(22)20-16(21)15(12-8-4-3-5-9-12)23-14-11-7-6-10-13(14)18/h3-11,15H,2H2,1H3,(H2,19,20,21,22)/t15-/m1/s1. The SMILES string of the molecule is CCNC(=O)NC(=O)[C@H](Oc1ccccc1F)c1ccccc1. The van der Waals surface area contributed by atoms with Crippen LogP contribution in [0.25, 0.3) is 0 Å². The summed E-state index contributed by atoms with van der Waals surface area (Å²) in [6.45, 7) is 2.11. The van der Waals surface area contributed by atoms with Gasteiger partial charge in [-0.15, -0.1) is 0 Å². The summed E-state index contributed by atoms with van der Waals surface area (Å²) in [5.74, 6) is -1.32. The molecule has 6 heteroatoms. The number of para-hydroxylation sites is 1. The highest BCUT2D eigenvalue weighted by molar-refractivity contribution is 5.97. The molecule has 0 radical (unpaired) electrons. The van der Waals surface area contributed by atoms with Crippen molar-refractivity contribution in [2.75, 3.05) is 6.54 Å². The molecular formula is C17H17FN2O3. The van der Waals surface area contributed by atoms with Gasteiger partial charge in [-0.2, -0.15) is 0 Å². The second-order valence-corrected chi connectivity index (χ2v) is 4.69. The third-order valence-corrected chi connectivity index (χ3v) is 3.00. The van der Waals surface area contributed by atoms with E-state index in [2.05, 4.69) is 10.6 Å². The number of carbonyl (C=O) groups excluding carboxylic acids is 2. The van der Waals surface area contributed by atoms with Crippen molar-refractivity contribution in [3.63, 3.8) is 0 Å². The minimum absolute atomic E-state index is 0.0626.